The topological polar surface area (TPSA) is 163 Å². The number of rotatable bonds is 12. The van der Waals surface area contributed by atoms with Gasteiger partial charge in [0.1, 0.15) is 17.4 Å². The van der Waals surface area contributed by atoms with Gasteiger partial charge in [0.05, 0.1) is 24.6 Å². The van der Waals surface area contributed by atoms with E-state index in [1.807, 2.05) is 29.2 Å². The van der Waals surface area contributed by atoms with Crippen molar-refractivity contribution >= 4 is 51.6 Å². The third-order valence-corrected chi connectivity index (χ3v) is 18.2. The van der Waals surface area contributed by atoms with E-state index in [0.717, 1.165) is 132 Å². The SMILES string of the molecule is CCc1cccc2c1N(c1ncc3c(N4CC5CCC(C4)N5)nc(OCC4(CN5CCC6(CC5)CC(CN5CCN(c7ccc8c(c7)CN([C@H]7CCC(=O)NC7=O)C8=O)CC5)C6)CC4)nc3c1F)CC(O)C2. The molecule has 3 unspecified atom stereocenters. The van der Waals surface area contributed by atoms with Crippen molar-refractivity contribution < 1.29 is 28.6 Å². The number of nitrogens with zero attached hydrogens (tertiary/aromatic N) is 9. The Morgan fingerprint density at radius 3 is 2.40 bits per heavy atom. The molecule has 7 aliphatic heterocycles. The first-order chi connectivity index (χ1) is 35.0. The molecule has 2 saturated carbocycles. The minimum absolute atomic E-state index is 0.0426. The van der Waals surface area contributed by atoms with Crippen LogP contribution in [0.15, 0.2) is 42.6 Å². The van der Waals surface area contributed by atoms with Gasteiger partial charge in [0.15, 0.2) is 11.6 Å². The maximum atomic E-state index is 17.2. The van der Waals surface area contributed by atoms with Crippen LogP contribution in [0.5, 0.6) is 6.01 Å². The number of para-hydroxylation sites is 1. The third-order valence-electron chi connectivity index (χ3n) is 18.2. The Bertz CT molecular complexity index is 2790. The molecule has 3 N–H and O–H groups in total. The maximum Gasteiger partial charge on any atom is 0.319 e. The van der Waals surface area contributed by atoms with E-state index in [0.29, 0.717) is 60.3 Å². The number of amides is 3. The Morgan fingerprint density at radius 1 is 0.861 bits per heavy atom. The fourth-order valence-corrected chi connectivity index (χ4v) is 14.1. The molecule has 72 heavy (non-hydrogen) atoms. The lowest BCUT2D eigenvalue weighted by Crippen LogP contribution is -2.53. The molecule has 2 aromatic carbocycles. The Hall–Kier alpha value is -5.49. The quantitative estimate of drug-likeness (QED) is 0.164. The fraction of sp³-hybridized carbons (Fsp3) is 0.600. The number of fused-ring (bicyclic) bond motifs is 5. The van der Waals surface area contributed by atoms with Crippen LogP contribution >= 0.6 is 0 Å². The number of carbonyl (C=O) groups is 3. The van der Waals surface area contributed by atoms with Crippen LogP contribution in [0.2, 0.25) is 0 Å². The number of halogens is 1. The summed E-state index contributed by atoms with van der Waals surface area (Å²) in [6, 6.07) is 12.6. The molecule has 2 aromatic heterocycles. The summed E-state index contributed by atoms with van der Waals surface area (Å²) >= 11 is 0. The zero-order valence-corrected chi connectivity index (χ0v) is 41.6. The van der Waals surface area contributed by atoms with Gasteiger partial charge < -0.3 is 39.7 Å². The highest BCUT2D eigenvalue weighted by Gasteiger charge is 2.50. The number of aliphatic hydroxyl groups excluding tert-OH is 1. The lowest BCUT2D eigenvalue weighted by Gasteiger charge is -2.54. The number of likely N-dealkylation sites (tertiary alicyclic amines) is 1. The van der Waals surface area contributed by atoms with Crippen molar-refractivity contribution in [2.24, 2.45) is 16.7 Å². The van der Waals surface area contributed by atoms with Crippen LogP contribution in [0.3, 0.4) is 0 Å². The molecule has 4 atom stereocenters. The number of β-amino-alcohol motifs (C(OH)–C–C–N with tert-alkyl or cyclic N) is 1. The van der Waals surface area contributed by atoms with E-state index in [1.54, 1.807) is 11.1 Å². The number of piperidine rings is 2. The molecule has 17 heteroatoms. The van der Waals surface area contributed by atoms with Crippen molar-refractivity contribution in [2.75, 3.05) is 93.3 Å². The first-order valence-electron chi connectivity index (χ1n) is 27.0. The van der Waals surface area contributed by atoms with Crippen LogP contribution in [-0.4, -0.2) is 155 Å². The summed E-state index contributed by atoms with van der Waals surface area (Å²) in [4.78, 5) is 65.6. The first-order valence-corrected chi connectivity index (χ1v) is 27.0. The molecule has 9 aliphatic rings. The molecular weight excluding hydrogens is 914 g/mol. The van der Waals surface area contributed by atoms with Gasteiger partial charge in [-0.05, 0) is 124 Å². The minimum Gasteiger partial charge on any atom is -0.463 e. The first kappa shape index (κ1) is 46.3. The van der Waals surface area contributed by atoms with Crippen molar-refractivity contribution in [2.45, 2.75) is 115 Å². The second-order valence-electron chi connectivity index (χ2n) is 23.1. The van der Waals surface area contributed by atoms with Gasteiger partial charge >= 0.3 is 6.01 Å². The van der Waals surface area contributed by atoms with Crippen molar-refractivity contribution in [3.8, 4) is 6.01 Å². The average molecular weight is 982 g/mol. The maximum absolute atomic E-state index is 17.2. The van der Waals surface area contributed by atoms with Gasteiger partial charge in [-0.1, -0.05) is 25.1 Å². The van der Waals surface area contributed by atoms with Crippen LogP contribution in [0.4, 0.5) is 27.4 Å². The van der Waals surface area contributed by atoms with E-state index in [1.165, 1.54) is 25.7 Å². The van der Waals surface area contributed by atoms with Gasteiger partial charge in [-0.25, -0.2) is 9.37 Å². The van der Waals surface area contributed by atoms with E-state index in [-0.39, 0.29) is 53.4 Å². The number of ether oxygens (including phenoxy) is 1. The lowest BCUT2D eigenvalue weighted by atomic mass is 9.57. The number of aryl methyl sites for hydroxylation is 1. The van der Waals surface area contributed by atoms with Gasteiger partial charge in [0, 0.05) is 112 Å². The number of piperazine rings is 2. The largest absolute Gasteiger partial charge is 0.463 e. The van der Waals surface area contributed by atoms with Crippen LogP contribution in [0.25, 0.3) is 10.9 Å². The van der Waals surface area contributed by atoms with E-state index in [9.17, 15) is 19.5 Å². The molecule has 1 spiro atoms. The standard InChI is InChI=1S/C55H68FN11O5/c1-2-35-4-3-5-36-23-41(68)31-67(48(35)36)50-46(56)47-43(26-57-50)49(65-29-38-6-7-39(30-65)58-38)61-53(60-47)72-33-55(12-13-55)32-63-16-14-54(15-17-63)24-34(25-54)27-62-18-20-64(21-19-62)40-8-9-42-37(22-40)28-66(52(42)71)44-10-11-45(69)59-51(44)70/h3-5,8-9,22,26,34,38-39,41,44,58,68H,2,6-7,10-21,23-25,27-33H2,1H3,(H,59,69,70)/t38?,39?,41?,44-/m0/s1. The second-order valence-corrected chi connectivity index (χ2v) is 23.1. The normalized spacial score (nSPS) is 27.1. The lowest BCUT2D eigenvalue weighted by molar-refractivity contribution is -0.136. The minimum atomic E-state index is -0.645. The van der Waals surface area contributed by atoms with E-state index < -0.39 is 18.0 Å². The van der Waals surface area contributed by atoms with Crippen molar-refractivity contribution in [1.29, 1.82) is 0 Å². The molecule has 3 amide bonds. The molecule has 16 nitrogen and oxygen atoms in total. The highest BCUT2D eigenvalue weighted by Crippen LogP contribution is 2.54. The monoisotopic (exact) mass is 982 g/mol. The molecule has 13 rings (SSSR count). The van der Waals surface area contributed by atoms with Crippen LogP contribution in [-0.2, 0) is 29.0 Å². The summed E-state index contributed by atoms with van der Waals surface area (Å²) in [5, 5.41) is 17.7. The van der Waals surface area contributed by atoms with Gasteiger partial charge in [-0.2, -0.15) is 9.97 Å². The van der Waals surface area contributed by atoms with Gasteiger partial charge in [-0.3, -0.25) is 24.6 Å². The number of aromatic nitrogens is 3. The van der Waals surface area contributed by atoms with Gasteiger partial charge in [0.2, 0.25) is 11.8 Å². The third kappa shape index (κ3) is 8.54. The fourth-order valence-electron chi connectivity index (χ4n) is 14.1. The summed E-state index contributed by atoms with van der Waals surface area (Å²) in [7, 11) is 0. The van der Waals surface area contributed by atoms with E-state index >= 15 is 4.39 Å². The number of nitrogens with one attached hydrogen (secondary N) is 2. The highest BCUT2D eigenvalue weighted by molar-refractivity contribution is 6.05. The van der Waals surface area contributed by atoms with Crippen molar-refractivity contribution in [3.05, 3.63) is 70.7 Å². The van der Waals surface area contributed by atoms with Crippen molar-refractivity contribution in [3.63, 3.8) is 0 Å². The molecule has 2 bridgehead atoms. The number of pyridine rings is 1. The Balaban J connectivity index is 0.616. The molecule has 4 aromatic rings. The van der Waals surface area contributed by atoms with Crippen molar-refractivity contribution in [1.82, 2.24) is 40.3 Å². The summed E-state index contributed by atoms with van der Waals surface area (Å²) in [6.07, 6.45) is 12.6. The molecular formula is C55H68FN11O5. The average Bonchev–Trinajstić information content (AvgIpc) is 3.95. The number of hydrogen-bond donors (Lipinski definition) is 3. The number of benzene rings is 2. The molecule has 7 fully saturated rings. The Labute approximate surface area is 420 Å². The predicted molar refractivity (Wildman–Crippen MR) is 271 cm³/mol. The predicted octanol–water partition coefficient (Wildman–Crippen LogP) is 4.96. The van der Waals surface area contributed by atoms with Crippen LogP contribution in [0, 0.1) is 22.6 Å². The molecule has 9 heterocycles. The number of anilines is 4. The van der Waals surface area contributed by atoms with Gasteiger partial charge in [-0.15, -0.1) is 0 Å². The van der Waals surface area contributed by atoms with Gasteiger partial charge in [0.25, 0.3) is 5.91 Å². The van der Waals surface area contributed by atoms with Crippen LogP contribution < -0.4 is 30.1 Å². The number of carbonyl (C=O) groups excluding carboxylic acids is 3. The molecule has 5 saturated heterocycles. The Kier molecular flexibility index (Phi) is 11.7. The molecule has 2 aliphatic carbocycles. The number of aliphatic hydroxyl groups is 1. The summed E-state index contributed by atoms with van der Waals surface area (Å²) in [5.74, 6) is 0.317. The molecule has 380 valence electrons. The summed E-state index contributed by atoms with van der Waals surface area (Å²) in [5.41, 5.74) is 6.49. The number of imide groups is 1. The molecule has 0 radical (unpaired) electrons. The second kappa shape index (κ2) is 18.2. The summed E-state index contributed by atoms with van der Waals surface area (Å²) in [6.45, 7) is 13.1. The Morgan fingerprint density at radius 2 is 1.65 bits per heavy atom. The number of hydrogen-bond acceptors (Lipinski definition) is 14. The highest BCUT2D eigenvalue weighted by atomic mass is 19.1. The zero-order chi connectivity index (χ0) is 48.9. The zero-order valence-electron chi connectivity index (χ0n) is 41.6. The van der Waals surface area contributed by atoms with E-state index in [4.69, 9.17) is 19.7 Å². The summed E-state index contributed by atoms with van der Waals surface area (Å²) < 4.78 is 23.8. The van der Waals surface area contributed by atoms with Crippen LogP contribution in [0.1, 0.15) is 98.2 Å². The smallest absolute Gasteiger partial charge is 0.319 e. The van der Waals surface area contributed by atoms with E-state index in [2.05, 4.69) is 49.3 Å².